The maximum absolute atomic E-state index is 13.1. The quantitative estimate of drug-likeness (QED) is 0.0222. The number of carbonyl (C=O) groups excluding carboxylic acids is 4. The first-order valence-electron chi connectivity index (χ1n) is 39.8. The van der Waals surface area contributed by atoms with E-state index < -0.39 is 97.5 Å². The minimum atomic E-state index is -4.96. The first kappa shape index (κ1) is 94.1. The summed E-state index contributed by atoms with van der Waals surface area (Å²) < 4.78 is 68.6. The van der Waals surface area contributed by atoms with Gasteiger partial charge in [-0.05, 0) is 43.4 Å². The van der Waals surface area contributed by atoms with Crippen LogP contribution in [0.5, 0.6) is 0 Å². The van der Waals surface area contributed by atoms with Crippen LogP contribution in [0.4, 0.5) is 0 Å². The number of phosphoric ester groups is 2. The van der Waals surface area contributed by atoms with Crippen molar-refractivity contribution in [2.45, 2.75) is 414 Å². The maximum atomic E-state index is 13.1. The van der Waals surface area contributed by atoms with Crippen molar-refractivity contribution in [2.24, 2.45) is 17.8 Å². The van der Waals surface area contributed by atoms with E-state index in [1.807, 2.05) is 0 Å². The van der Waals surface area contributed by atoms with Crippen molar-refractivity contribution < 1.29 is 80.2 Å². The summed E-state index contributed by atoms with van der Waals surface area (Å²) in [5.41, 5.74) is 0. The van der Waals surface area contributed by atoms with Crippen LogP contribution in [0, 0.1) is 17.8 Å². The van der Waals surface area contributed by atoms with Gasteiger partial charge in [-0.3, -0.25) is 37.3 Å². The third-order valence-electron chi connectivity index (χ3n) is 17.9. The molecule has 19 heteroatoms. The molecule has 0 aromatic carbocycles. The van der Waals surface area contributed by atoms with E-state index in [9.17, 15) is 43.2 Å². The number of unbranched alkanes of at least 4 members (excludes halogenated alkanes) is 43. The van der Waals surface area contributed by atoms with E-state index >= 15 is 0 Å². The van der Waals surface area contributed by atoms with Crippen LogP contribution in [0.15, 0.2) is 0 Å². The standard InChI is InChI=1S/C77H150O17P2/c1-8-9-10-11-12-13-14-15-18-25-30-39-46-53-60-76(81)94-73(65-88-75(80)59-52-45-38-33-32-36-43-50-57-70(6)7)67-92-96(85,86)90-63-71(78)62-89-95(83,84)91-66-72(64-87-74(79)58-51-44-37-29-24-21-20-23-28-35-42-49-56-69(4)5)93-77(82)61-54-47-40-31-26-19-16-17-22-27-34-41-48-55-68(2)3/h68-73,78H,8-67H2,1-7H3,(H,83,84)(H,85,86)/t71-,72-,73-/m1/s1. The van der Waals surface area contributed by atoms with Crippen LogP contribution in [0.3, 0.4) is 0 Å². The molecule has 0 saturated heterocycles. The Morgan fingerprint density at radius 2 is 0.479 bits per heavy atom. The summed E-state index contributed by atoms with van der Waals surface area (Å²) in [6.07, 6.45) is 54.0. The Kier molecular flexibility index (Phi) is 66.2. The second-order valence-corrected chi connectivity index (χ2v) is 32.1. The Balaban J connectivity index is 5.26. The summed E-state index contributed by atoms with van der Waals surface area (Å²) in [7, 11) is -9.91. The molecule has 17 nitrogen and oxygen atoms in total. The number of aliphatic hydroxyl groups is 1. The Labute approximate surface area is 588 Å². The highest BCUT2D eigenvalue weighted by atomic mass is 31.2. The van der Waals surface area contributed by atoms with Crippen LogP contribution in [0.25, 0.3) is 0 Å². The molecule has 0 bridgehead atoms. The molecule has 3 N–H and O–H groups in total. The summed E-state index contributed by atoms with van der Waals surface area (Å²) in [5.74, 6) is 0.180. The van der Waals surface area contributed by atoms with Crippen molar-refractivity contribution in [1.82, 2.24) is 0 Å². The van der Waals surface area contributed by atoms with Gasteiger partial charge >= 0.3 is 39.5 Å². The van der Waals surface area contributed by atoms with Crippen LogP contribution in [-0.4, -0.2) is 96.7 Å². The fraction of sp³-hybridized carbons (Fsp3) is 0.948. The number of ether oxygens (including phenoxy) is 4. The molecule has 0 aromatic heterocycles. The monoisotopic (exact) mass is 1410 g/mol. The van der Waals surface area contributed by atoms with Crippen LogP contribution in [0.2, 0.25) is 0 Å². The van der Waals surface area contributed by atoms with Crippen molar-refractivity contribution in [3.8, 4) is 0 Å². The van der Waals surface area contributed by atoms with Gasteiger partial charge < -0.3 is 33.8 Å². The van der Waals surface area contributed by atoms with E-state index in [2.05, 4.69) is 48.5 Å². The normalized spacial score (nSPS) is 14.1. The molecule has 0 aromatic rings. The van der Waals surface area contributed by atoms with Gasteiger partial charge in [0.2, 0.25) is 0 Å². The van der Waals surface area contributed by atoms with Crippen molar-refractivity contribution >= 4 is 39.5 Å². The van der Waals surface area contributed by atoms with Crippen molar-refractivity contribution in [2.75, 3.05) is 39.6 Å². The molecule has 0 aliphatic rings. The van der Waals surface area contributed by atoms with Crippen molar-refractivity contribution in [1.29, 1.82) is 0 Å². The molecule has 0 radical (unpaired) electrons. The largest absolute Gasteiger partial charge is 0.472 e. The van der Waals surface area contributed by atoms with E-state index in [4.69, 9.17) is 37.0 Å². The highest BCUT2D eigenvalue weighted by Crippen LogP contribution is 2.45. The van der Waals surface area contributed by atoms with Crippen LogP contribution in [-0.2, 0) is 65.4 Å². The predicted octanol–water partition coefficient (Wildman–Crippen LogP) is 22.6. The zero-order valence-corrected chi connectivity index (χ0v) is 64.6. The Morgan fingerprint density at radius 3 is 0.708 bits per heavy atom. The molecule has 96 heavy (non-hydrogen) atoms. The summed E-state index contributed by atoms with van der Waals surface area (Å²) in [6.45, 7) is 11.9. The SMILES string of the molecule is CCCCCCCCCCCCCCCCC(=O)O[C@H](COC(=O)CCCCCCCCCCC(C)C)COP(=O)(O)OC[C@H](O)COP(=O)(O)OC[C@@H](COC(=O)CCCCCCCCCCCCCCC(C)C)OC(=O)CCCCCCCCCCCCCCCC(C)C. The van der Waals surface area contributed by atoms with Gasteiger partial charge in [-0.1, -0.05) is 344 Å². The van der Waals surface area contributed by atoms with Gasteiger partial charge in [0.25, 0.3) is 0 Å². The van der Waals surface area contributed by atoms with Crippen LogP contribution < -0.4 is 0 Å². The van der Waals surface area contributed by atoms with Crippen LogP contribution >= 0.6 is 15.6 Å². The van der Waals surface area contributed by atoms with E-state index in [1.54, 1.807) is 0 Å². The molecule has 0 saturated carbocycles. The van der Waals surface area contributed by atoms with Gasteiger partial charge in [-0.25, -0.2) is 9.13 Å². The Bertz CT molecular complexity index is 1870. The van der Waals surface area contributed by atoms with E-state index in [0.29, 0.717) is 25.7 Å². The van der Waals surface area contributed by atoms with Gasteiger partial charge in [0.1, 0.15) is 19.3 Å². The van der Waals surface area contributed by atoms with Gasteiger partial charge in [0, 0.05) is 25.7 Å². The second-order valence-electron chi connectivity index (χ2n) is 29.2. The highest BCUT2D eigenvalue weighted by molar-refractivity contribution is 7.47. The summed E-state index contributed by atoms with van der Waals surface area (Å²) in [4.78, 5) is 72.9. The molecular formula is C77H150O17P2. The van der Waals surface area contributed by atoms with Crippen molar-refractivity contribution in [3.05, 3.63) is 0 Å². The minimum absolute atomic E-state index is 0.107. The van der Waals surface area contributed by atoms with E-state index in [-0.39, 0.29) is 25.7 Å². The van der Waals surface area contributed by atoms with Gasteiger partial charge in [-0.2, -0.15) is 0 Å². The fourth-order valence-corrected chi connectivity index (χ4v) is 13.4. The van der Waals surface area contributed by atoms with Gasteiger partial charge in [0.05, 0.1) is 26.4 Å². The lowest BCUT2D eigenvalue weighted by molar-refractivity contribution is -0.161. The zero-order chi connectivity index (χ0) is 70.9. The molecule has 0 aliphatic carbocycles. The van der Waals surface area contributed by atoms with Gasteiger partial charge in [-0.15, -0.1) is 0 Å². The van der Waals surface area contributed by atoms with Gasteiger partial charge in [0.15, 0.2) is 12.2 Å². The highest BCUT2D eigenvalue weighted by Gasteiger charge is 2.30. The minimum Gasteiger partial charge on any atom is -0.462 e. The topological polar surface area (TPSA) is 237 Å². The predicted molar refractivity (Wildman–Crippen MR) is 391 cm³/mol. The second kappa shape index (κ2) is 67.5. The Hall–Kier alpha value is -1.94. The average Bonchev–Trinajstić information content (AvgIpc) is 1.92. The van der Waals surface area contributed by atoms with Crippen molar-refractivity contribution in [3.63, 3.8) is 0 Å². The summed E-state index contributed by atoms with van der Waals surface area (Å²) >= 11 is 0. The number of hydrogen-bond acceptors (Lipinski definition) is 15. The molecule has 0 fully saturated rings. The number of esters is 4. The first-order chi connectivity index (χ1) is 46.2. The first-order valence-corrected chi connectivity index (χ1v) is 42.8. The molecule has 2 unspecified atom stereocenters. The molecule has 0 amide bonds. The number of hydrogen-bond donors (Lipinski definition) is 3. The molecule has 0 rings (SSSR count). The third kappa shape index (κ3) is 70.5. The molecule has 0 spiro atoms. The number of carbonyl (C=O) groups is 4. The summed E-state index contributed by atoms with van der Waals surface area (Å²) in [5, 5.41) is 10.6. The molecule has 570 valence electrons. The maximum Gasteiger partial charge on any atom is 0.472 e. The van der Waals surface area contributed by atoms with E-state index in [0.717, 1.165) is 108 Å². The summed E-state index contributed by atoms with van der Waals surface area (Å²) in [6, 6.07) is 0. The number of rotatable bonds is 75. The van der Waals surface area contributed by atoms with Crippen LogP contribution in [0.1, 0.15) is 395 Å². The molecule has 0 heterocycles. The fourth-order valence-electron chi connectivity index (χ4n) is 11.8. The van der Waals surface area contributed by atoms with E-state index in [1.165, 1.54) is 205 Å². The lowest BCUT2D eigenvalue weighted by Gasteiger charge is -2.21. The average molecular weight is 1410 g/mol. The molecule has 0 aliphatic heterocycles. The zero-order valence-electron chi connectivity index (χ0n) is 62.8. The number of aliphatic hydroxyl groups excluding tert-OH is 1. The molecular weight excluding hydrogens is 1260 g/mol. The Morgan fingerprint density at radius 1 is 0.281 bits per heavy atom. The number of phosphoric acid groups is 2. The third-order valence-corrected chi connectivity index (χ3v) is 19.8. The smallest absolute Gasteiger partial charge is 0.462 e. The lowest BCUT2D eigenvalue weighted by Crippen LogP contribution is -2.30. The molecule has 5 atom stereocenters. The lowest BCUT2D eigenvalue weighted by atomic mass is 10.0.